The largest absolute Gasteiger partial charge is 0.366 e. The molecular weight excluding hydrogens is 323 g/mol. The number of amides is 1. The Kier molecular flexibility index (Phi) is 5.35. The molecule has 1 heterocycles. The molecule has 0 aliphatic carbocycles. The molecule has 2 N–H and O–H groups in total. The molecule has 0 radical (unpaired) electrons. The van der Waals surface area contributed by atoms with E-state index in [0.717, 1.165) is 0 Å². The van der Waals surface area contributed by atoms with Crippen molar-refractivity contribution in [3.63, 3.8) is 0 Å². The number of hydrogen-bond donors (Lipinski definition) is 2. The third-order valence-electron chi connectivity index (χ3n) is 2.68. The van der Waals surface area contributed by atoms with Gasteiger partial charge in [0.25, 0.3) is 5.91 Å². The van der Waals surface area contributed by atoms with Crippen LogP contribution in [0.3, 0.4) is 0 Å². The van der Waals surface area contributed by atoms with Crippen LogP contribution in [0.5, 0.6) is 0 Å². The van der Waals surface area contributed by atoms with Gasteiger partial charge in [0.05, 0.1) is 10.7 Å². The first-order chi connectivity index (χ1) is 10.5. The number of carbonyl (C=O) groups is 1. The number of anilines is 2. The van der Waals surface area contributed by atoms with Crippen LogP contribution in [0.15, 0.2) is 36.9 Å². The molecule has 0 fully saturated rings. The third kappa shape index (κ3) is 4.19. The molecule has 0 saturated carbocycles. The maximum atomic E-state index is 12.3. The van der Waals surface area contributed by atoms with Crippen molar-refractivity contribution < 1.29 is 4.79 Å². The van der Waals surface area contributed by atoms with Crippen molar-refractivity contribution in [3.05, 3.63) is 58.5 Å². The second-order valence-electron chi connectivity index (χ2n) is 4.43. The van der Waals surface area contributed by atoms with E-state index >= 15 is 0 Å². The zero-order valence-corrected chi connectivity index (χ0v) is 13.4. The predicted molar refractivity (Wildman–Crippen MR) is 89.9 cm³/mol. The standard InChI is InChI=1S/C15H14Cl2N4O/c1-3-6-18-14-8-13(19-9(2)20-14)15(22)21-12-5-4-10(16)7-11(12)17/h3-5,7-8H,1,6H2,2H3,(H,21,22)(H,18,19,20). The van der Waals surface area contributed by atoms with E-state index in [1.54, 1.807) is 37.3 Å². The molecule has 2 aromatic rings. The van der Waals surface area contributed by atoms with E-state index < -0.39 is 0 Å². The molecule has 22 heavy (non-hydrogen) atoms. The summed E-state index contributed by atoms with van der Waals surface area (Å²) < 4.78 is 0. The lowest BCUT2D eigenvalue weighted by Crippen LogP contribution is -2.16. The van der Waals surface area contributed by atoms with Crippen LogP contribution in [0.1, 0.15) is 16.3 Å². The fourth-order valence-corrected chi connectivity index (χ4v) is 2.18. The maximum Gasteiger partial charge on any atom is 0.274 e. The third-order valence-corrected chi connectivity index (χ3v) is 3.23. The van der Waals surface area contributed by atoms with Gasteiger partial charge in [-0.2, -0.15) is 0 Å². The van der Waals surface area contributed by atoms with Gasteiger partial charge in [0, 0.05) is 17.6 Å². The van der Waals surface area contributed by atoms with Gasteiger partial charge in [-0.25, -0.2) is 9.97 Å². The van der Waals surface area contributed by atoms with Crippen molar-refractivity contribution in [2.75, 3.05) is 17.2 Å². The van der Waals surface area contributed by atoms with Gasteiger partial charge in [0.2, 0.25) is 0 Å². The highest BCUT2D eigenvalue weighted by Crippen LogP contribution is 2.25. The summed E-state index contributed by atoms with van der Waals surface area (Å²) in [5.41, 5.74) is 0.706. The van der Waals surface area contributed by atoms with Crippen molar-refractivity contribution in [1.29, 1.82) is 0 Å². The number of nitrogens with one attached hydrogen (secondary N) is 2. The lowest BCUT2D eigenvalue weighted by atomic mass is 10.3. The van der Waals surface area contributed by atoms with E-state index in [4.69, 9.17) is 23.2 Å². The highest BCUT2D eigenvalue weighted by molar-refractivity contribution is 6.36. The fourth-order valence-electron chi connectivity index (χ4n) is 1.73. The summed E-state index contributed by atoms with van der Waals surface area (Å²) in [7, 11) is 0. The Morgan fingerprint density at radius 1 is 1.32 bits per heavy atom. The maximum absolute atomic E-state index is 12.3. The monoisotopic (exact) mass is 336 g/mol. The molecule has 0 saturated heterocycles. The average Bonchev–Trinajstić information content (AvgIpc) is 2.47. The second kappa shape index (κ2) is 7.24. The zero-order chi connectivity index (χ0) is 16.1. The number of carbonyl (C=O) groups excluding carboxylic acids is 1. The number of aryl methyl sites for hydroxylation is 1. The predicted octanol–water partition coefficient (Wildman–Crippen LogP) is 3.94. The Bertz CT molecular complexity index is 719. The molecule has 114 valence electrons. The van der Waals surface area contributed by atoms with Gasteiger partial charge in [0.1, 0.15) is 17.3 Å². The molecule has 1 aromatic carbocycles. The summed E-state index contributed by atoms with van der Waals surface area (Å²) in [5, 5.41) is 6.57. The Morgan fingerprint density at radius 2 is 2.09 bits per heavy atom. The summed E-state index contributed by atoms with van der Waals surface area (Å²) in [6.45, 7) is 5.87. The number of nitrogens with zero attached hydrogens (tertiary/aromatic N) is 2. The quantitative estimate of drug-likeness (QED) is 0.811. The zero-order valence-electron chi connectivity index (χ0n) is 11.9. The number of aromatic nitrogens is 2. The minimum atomic E-state index is -0.378. The summed E-state index contributed by atoms with van der Waals surface area (Å²) in [6, 6.07) is 6.40. The Morgan fingerprint density at radius 3 is 2.77 bits per heavy atom. The lowest BCUT2D eigenvalue weighted by Gasteiger charge is -2.09. The lowest BCUT2D eigenvalue weighted by molar-refractivity contribution is 0.102. The minimum absolute atomic E-state index is 0.241. The number of benzene rings is 1. The van der Waals surface area contributed by atoms with Crippen LogP contribution in [0.25, 0.3) is 0 Å². The van der Waals surface area contributed by atoms with Crippen molar-refractivity contribution in [2.24, 2.45) is 0 Å². The molecule has 0 spiro atoms. The topological polar surface area (TPSA) is 66.9 Å². The Hall–Kier alpha value is -2.11. The molecule has 5 nitrogen and oxygen atoms in total. The molecule has 0 aliphatic rings. The molecule has 0 aliphatic heterocycles. The van der Waals surface area contributed by atoms with E-state index in [0.29, 0.717) is 33.9 Å². The summed E-state index contributed by atoms with van der Waals surface area (Å²) in [4.78, 5) is 20.6. The number of rotatable bonds is 5. The van der Waals surface area contributed by atoms with Gasteiger partial charge < -0.3 is 10.6 Å². The van der Waals surface area contributed by atoms with Crippen LogP contribution in [0.2, 0.25) is 10.0 Å². The van der Waals surface area contributed by atoms with Gasteiger partial charge in [-0.05, 0) is 25.1 Å². The smallest absolute Gasteiger partial charge is 0.274 e. The van der Waals surface area contributed by atoms with Crippen LogP contribution >= 0.6 is 23.2 Å². The van der Waals surface area contributed by atoms with Crippen LogP contribution in [-0.2, 0) is 0 Å². The molecule has 1 aromatic heterocycles. The van der Waals surface area contributed by atoms with E-state index in [-0.39, 0.29) is 11.6 Å². The van der Waals surface area contributed by atoms with Crippen LogP contribution in [-0.4, -0.2) is 22.4 Å². The molecule has 0 atom stereocenters. The van der Waals surface area contributed by atoms with Crippen LogP contribution < -0.4 is 10.6 Å². The SMILES string of the molecule is C=CCNc1cc(C(=O)Nc2ccc(Cl)cc2Cl)nc(C)n1. The van der Waals surface area contributed by atoms with Gasteiger partial charge in [-0.3, -0.25) is 4.79 Å². The Labute approximate surface area is 138 Å². The molecule has 2 rings (SSSR count). The Balaban J connectivity index is 2.21. The highest BCUT2D eigenvalue weighted by atomic mass is 35.5. The van der Waals surface area contributed by atoms with Gasteiger partial charge >= 0.3 is 0 Å². The summed E-state index contributed by atoms with van der Waals surface area (Å²) >= 11 is 11.9. The van der Waals surface area contributed by atoms with Crippen molar-refractivity contribution in [1.82, 2.24) is 9.97 Å². The summed E-state index contributed by atoms with van der Waals surface area (Å²) in [6.07, 6.45) is 1.70. The van der Waals surface area contributed by atoms with E-state index in [1.807, 2.05) is 0 Å². The van der Waals surface area contributed by atoms with Gasteiger partial charge in [-0.15, -0.1) is 6.58 Å². The van der Waals surface area contributed by atoms with E-state index in [2.05, 4.69) is 27.2 Å². The summed E-state index contributed by atoms with van der Waals surface area (Å²) in [5.74, 6) is 0.664. The number of hydrogen-bond acceptors (Lipinski definition) is 4. The first-order valence-corrected chi connectivity index (χ1v) is 7.22. The molecular formula is C15H14Cl2N4O. The van der Waals surface area contributed by atoms with E-state index in [1.165, 1.54) is 0 Å². The highest BCUT2D eigenvalue weighted by Gasteiger charge is 2.12. The molecule has 7 heteroatoms. The van der Waals surface area contributed by atoms with Crippen molar-refractivity contribution >= 4 is 40.6 Å². The van der Waals surface area contributed by atoms with Crippen LogP contribution in [0, 0.1) is 6.92 Å². The first kappa shape index (κ1) is 16.3. The van der Waals surface area contributed by atoms with Crippen molar-refractivity contribution in [3.8, 4) is 0 Å². The van der Waals surface area contributed by atoms with E-state index in [9.17, 15) is 4.79 Å². The average molecular weight is 337 g/mol. The molecule has 0 bridgehead atoms. The molecule has 0 unspecified atom stereocenters. The second-order valence-corrected chi connectivity index (χ2v) is 5.28. The van der Waals surface area contributed by atoms with Gasteiger partial charge in [0.15, 0.2) is 0 Å². The van der Waals surface area contributed by atoms with Crippen molar-refractivity contribution in [2.45, 2.75) is 6.92 Å². The number of halogens is 2. The fraction of sp³-hybridized carbons (Fsp3) is 0.133. The first-order valence-electron chi connectivity index (χ1n) is 6.46. The van der Waals surface area contributed by atoms with Crippen LogP contribution in [0.4, 0.5) is 11.5 Å². The minimum Gasteiger partial charge on any atom is -0.366 e. The molecule has 1 amide bonds. The van der Waals surface area contributed by atoms with Gasteiger partial charge in [-0.1, -0.05) is 29.3 Å². The normalized spacial score (nSPS) is 10.1.